The summed E-state index contributed by atoms with van der Waals surface area (Å²) in [5.41, 5.74) is 2.83. The van der Waals surface area contributed by atoms with Crippen LogP contribution in [0.2, 0.25) is 18.1 Å². The van der Waals surface area contributed by atoms with Gasteiger partial charge in [0, 0.05) is 0 Å². The zero-order valence-corrected chi connectivity index (χ0v) is 27.0. The number of piperidine rings is 1. The summed E-state index contributed by atoms with van der Waals surface area (Å²) in [5.74, 6) is 0. The summed E-state index contributed by atoms with van der Waals surface area (Å²) < 4.78 is 31.7. The summed E-state index contributed by atoms with van der Waals surface area (Å²) in [5, 5.41) is 11.7. The van der Waals surface area contributed by atoms with Crippen LogP contribution in [0.15, 0.2) is 91.0 Å². The first-order valence-corrected chi connectivity index (χ1v) is 17.6. The lowest BCUT2D eigenvalue weighted by Gasteiger charge is -2.52. The number of ether oxygens (including phenoxy) is 4. The molecule has 0 aromatic heterocycles. The molecule has 1 aliphatic heterocycles. The van der Waals surface area contributed by atoms with E-state index < -0.39 is 45.2 Å². The van der Waals surface area contributed by atoms with Gasteiger partial charge in [0.1, 0.15) is 18.3 Å². The Kier molecular flexibility index (Phi) is 11.2. The number of carbonyl (C=O) groups is 1. The summed E-state index contributed by atoms with van der Waals surface area (Å²) in [4.78, 5) is 14.6. The molecule has 1 N–H and O–H groups in total. The zero-order valence-electron chi connectivity index (χ0n) is 26.0. The van der Waals surface area contributed by atoms with Crippen LogP contribution in [0.5, 0.6) is 0 Å². The Labute approximate surface area is 256 Å². The van der Waals surface area contributed by atoms with E-state index in [9.17, 15) is 9.90 Å². The predicted molar refractivity (Wildman–Crippen MR) is 167 cm³/mol. The second-order valence-electron chi connectivity index (χ2n) is 12.3. The van der Waals surface area contributed by atoms with Crippen molar-refractivity contribution in [1.82, 2.24) is 4.90 Å². The molecule has 0 bridgehead atoms. The Morgan fingerprint density at radius 3 is 1.51 bits per heavy atom. The van der Waals surface area contributed by atoms with Gasteiger partial charge in [-0.1, -0.05) is 112 Å². The van der Waals surface area contributed by atoms with Gasteiger partial charge in [-0.25, -0.2) is 4.79 Å². The van der Waals surface area contributed by atoms with Crippen molar-refractivity contribution < 1.29 is 33.3 Å². The van der Waals surface area contributed by atoms with Crippen LogP contribution in [-0.4, -0.2) is 62.3 Å². The molecule has 1 saturated heterocycles. The van der Waals surface area contributed by atoms with E-state index in [-0.39, 0.29) is 24.9 Å². The average molecular weight is 608 g/mol. The summed E-state index contributed by atoms with van der Waals surface area (Å²) in [6, 6.07) is 29.3. The van der Waals surface area contributed by atoms with Crippen molar-refractivity contribution in [2.24, 2.45) is 0 Å². The number of aliphatic hydroxyl groups excluding tert-OH is 1. The number of hydrogen-bond acceptors (Lipinski definition) is 7. The predicted octanol–water partition coefficient (Wildman–Crippen LogP) is 6.49. The van der Waals surface area contributed by atoms with Crippen LogP contribution < -0.4 is 0 Å². The van der Waals surface area contributed by atoms with E-state index in [1.807, 2.05) is 91.0 Å². The van der Waals surface area contributed by atoms with Crippen LogP contribution in [0.25, 0.3) is 0 Å². The lowest BCUT2D eigenvalue weighted by atomic mass is 9.97. The van der Waals surface area contributed by atoms with Crippen molar-refractivity contribution in [1.29, 1.82) is 0 Å². The van der Waals surface area contributed by atoms with Crippen molar-refractivity contribution in [2.45, 2.75) is 89.5 Å². The Morgan fingerprint density at radius 2 is 1.12 bits per heavy atom. The third-order valence-electron chi connectivity index (χ3n) is 8.24. The van der Waals surface area contributed by atoms with Crippen LogP contribution in [0.3, 0.4) is 0 Å². The molecule has 5 atom stereocenters. The molecule has 1 amide bonds. The number of likely N-dealkylation sites (tertiary alicyclic amines) is 1. The molecule has 9 heteroatoms. The fourth-order valence-corrected chi connectivity index (χ4v) is 5.96. The lowest BCUT2D eigenvalue weighted by Crippen LogP contribution is -2.71. The molecule has 0 spiro atoms. The Morgan fingerprint density at radius 1 is 0.721 bits per heavy atom. The Bertz CT molecular complexity index is 1270. The minimum Gasteiger partial charge on any atom is -0.453 e. The van der Waals surface area contributed by atoms with Gasteiger partial charge in [-0.15, -0.1) is 0 Å². The topological polar surface area (TPSA) is 86.7 Å². The van der Waals surface area contributed by atoms with Gasteiger partial charge in [0.15, 0.2) is 20.8 Å². The molecule has 1 aliphatic rings. The first-order chi connectivity index (χ1) is 20.5. The third kappa shape index (κ3) is 8.32. The molecule has 1 unspecified atom stereocenters. The van der Waals surface area contributed by atoms with Crippen molar-refractivity contribution in [3.63, 3.8) is 0 Å². The number of rotatable bonds is 11. The molecule has 43 heavy (non-hydrogen) atoms. The molecular weight excluding hydrogens is 562 g/mol. The standard InChI is InChI=1S/C34H45NO7Si/c1-34(2,3)43(5,6)42-32-30(41-24-27-20-14-9-15-21-27)28(39-22-25-16-10-7-11-17-25)29(31(36)35(32)33(37)38-4)40-23-26-18-12-8-13-19-26/h7-21,28-32,36H,22-24H2,1-6H3/t28-,29-,30+,31?,32+/m1/s1. The lowest BCUT2D eigenvalue weighted by molar-refractivity contribution is -0.280. The second kappa shape index (κ2) is 14.6. The first-order valence-electron chi connectivity index (χ1n) is 14.7. The van der Waals surface area contributed by atoms with E-state index in [0.29, 0.717) is 0 Å². The highest BCUT2D eigenvalue weighted by Crippen LogP contribution is 2.41. The largest absolute Gasteiger partial charge is 0.453 e. The molecule has 4 rings (SSSR count). The number of nitrogens with zero attached hydrogens (tertiary/aromatic N) is 1. The molecule has 3 aromatic carbocycles. The average Bonchev–Trinajstić information content (AvgIpc) is 2.99. The quantitative estimate of drug-likeness (QED) is 0.249. The third-order valence-corrected chi connectivity index (χ3v) is 12.7. The molecule has 1 heterocycles. The second-order valence-corrected chi connectivity index (χ2v) is 17.1. The van der Waals surface area contributed by atoms with E-state index in [2.05, 4.69) is 33.9 Å². The number of aliphatic hydroxyl groups is 1. The van der Waals surface area contributed by atoms with E-state index in [1.165, 1.54) is 12.0 Å². The van der Waals surface area contributed by atoms with E-state index in [1.54, 1.807) is 0 Å². The van der Waals surface area contributed by atoms with Gasteiger partial charge in [0.25, 0.3) is 0 Å². The highest BCUT2D eigenvalue weighted by Gasteiger charge is 2.56. The SMILES string of the molecule is COC(=O)N1C(O)[C@H](OCc2ccccc2)[C@@H](OCc2ccccc2)[C@H](OCc2ccccc2)[C@@H]1O[Si](C)(C)C(C)(C)C. The molecular formula is C34H45NO7Si. The Balaban J connectivity index is 1.77. The van der Waals surface area contributed by atoms with E-state index >= 15 is 0 Å². The smallest absolute Gasteiger partial charge is 0.413 e. The number of carbonyl (C=O) groups excluding carboxylic acids is 1. The fraction of sp³-hybridized carbons (Fsp3) is 0.441. The van der Waals surface area contributed by atoms with Crippen molar-refractivity contribution in [3.8, 4) is 0 Å². The van der Waals surface area contributed by atoms with Gasteiger partial charge >= 0.3 is 6.09 Å². The van der Waals surface area contributed by atoms with Gasteiger partial charge in [-0.2, -0.15) is 0 Å². The summed E-state index contributed by atoms with van der Waals surface area (Å²) in [6.07, 6.45) is -5.74. The normalized spacial score (nSPS) is 22.8. The van der Waals surface area contributed by atoms with Gasteiger partial charge in [-0.3, -0.25) is 4.90 Å². The van der Waals surface area contributed by atoms with Crippen molar-refractivity contribution in [3.05, 3.63) is 108 Å². The van der Waals surface area contributed by atoms with Crippen LogP contribution >= 0.6 is 0 Å². The molecule has 0 radical (unpaired) electrons. The minimum absolute atomic E-state index is 0.190. The maximum Gasteiger partial charge on any atom is 0.413 e. The maximum absolute atomic E-state index is 13.4. The van der Waals surface area contributed by atoms with Gasteiger partial charge in [0.05, 0.1) is 26.9 Å². The summed E-state index contributed by atoms with van der Waals surface area (Å²) in [6.45, 7) is 11.2. The highest BCUT2D eigenvalue weighted by atomic mass is 28.4. The van der Waals surface area contributed by atoms with Gasteiger partial charge < -0.3 is 28.5 Å². The molecule has 0 saturated carbocycles. The monoisotopic (exact) mass is 607 g/mol. The highest BCUT2D eigenvalue weighted by molar-refractivity contribution is 6.74. The number of amides is 1. The molecule has 0 aliphatic carbocycles. The van der Waals surface area contributed by atoms with E-state index in [4.69, 9.17) is 23.4 Å². The summed E-state index contributed by atoms with van der Waals surface area (Å²) >= 11 is 0. The molecule has 8 nitrogen and oxygen atoms in total. The van der Waals surface area contributed by atoms with Crippen molar-refractivity contribution in [2.75, 3.05) is 7.11 Å². The molecule has 232 valence electrons. The molecule has 3 aromatic rings. The van der Waals surface area contributed by atoms with E-state index in [0.717, 1.165) is 16.7 Å². The van der Waals surface area contributed by atoms with Crippen LogP contribution in [-0.2, 0) is 43.2 Å². The summed E-state index contributed by atoms with van der Waals surface area (Å²) in [7, 11) is -1.23. The minimum atomic E-state index is -2.52. The fourth-order valence-electron chi connectivity index (χ4n) is 4.75. The van der Waals surface area contributed by atoms with Gasteiger partial charge in [0.2, 0.25) is 0 Å². The van der Waals surface area contributed by atoms with Crippen LogP contribution in [0.4, 0.5) is 4.79 Å². The zero-order chi connectivity index (χ0) is 31.0. The number of methoxy groups -OCH3 is 1. The maximum atomic E-state index is 13.4. The van der Waals surface area contributed by atoms with Crippen molar-refractivity contribution >= 4 is 14.4 Å². The van der Waals surface area contributed by atoms with Crippen LogP contribution in [0.1, 0.15) is 37.5 Å². The van der Waals surface area contributed by atoms with Crippen LogP contribution in [0, 0.1) is 0 Å². The first kappa shape index (κ1) is 32.9. The molecule has 1 fully saturated rings. The number of hydrogen-bond donors (Lipinski definition) is 1. The Hall–Kier alpha value is -3.05. The number of benzene rings is 3. The van der Waals surface area contributed by atoms with Gasteiger partial charge in [-0.05, 0) is 34.8 Å².